The van der Waals surface area contributed by atoms with E-state index in [1.807, 2.05) is 0 Å². The second kappa shape index (κ2) is 7.08. The summed E-state index contributed by atoms with van der Waals surface area (Å²) >= 11 is 0. The van der Waals surface area contributed by atoms with Gasteiger partial charge in [0.1, 0.15) is 6.04 Å². The number of carboxylic acid groups (broad SMARTS) is 1. The van der Waals surface area contributed by atoms with E-state index < -0.39 is 22.8 Å². The van der Waals surface area contributed by atoms with Gasteiger partial charge < -0.3 is 14.7 Å². The highest BCUT2D eigenvalue weighted by molar-refractivity contribution is 5.97. The van der Waals surface area contributed by atoms with Crippen molar-refractivity contribution in [3.63, 3.8) is 0 Å². The zero-order valence-electron chi connectivity index (χ0n) is 12.7. The van der Waals surface area contributed by atoms with Gasteiger partial charge in [-0.15, -0.1) is 0 Å². The van der Waals surface area contributed by atoms with Gasteiger partial charge in [-0.1, -0.05) is 0 Å². The first-order valence-corrected chi connectivity index (χ1v) is 7.40. The van der Waals surface area contributed by atoms with Gasteiger partial charge in [-0.05, 0) is 38.3 Å². The topological polar surface area (TPSA) is 110 Å². The quantitative estimate of drug-likeness (QED) is 0.656. The number of nitro benzene ring substituents is 1. The van der Waals surface area contributed by atoms with Gasteiger partial charge in [0.15, 0.2) is 5.75 Å². The lowest BCUT2D eigenvalue weighted by Gasteiger charge is -2.33. The Kier molecular flexibility index (Phi) is 5.15. The molecule has 1 aliphatic rings. The number of hydrogen-bond donors (Lipinski definition) is 1. The lowest BCUT2D eigenvalue weighted by atomic mass is 10.0. The molecule has 0 aromatic heterocycles. The van der Waals surface area contributed by atoms with Crippen LogP contribution in [0.25, 0.3) is 0 Å². The summed E-state index contributed by atoms with van der Waals surface area (Å²) in [5.41, 5.74) is -0.213. The summed E-state index contributed by atoms with van der Waals surface area (Å²) in [5, 5.41) is 20.4. The first kappa shape index (κ1) is 16.7. The van der Waals surface area contributed by atoms with Crippen molar-refractivity contribution in [3.05, 3.63) is 33.9 Å². The molecular weight excluding hydrogens is 304 g/mol. The number of aliphatic carboxylic acids is 1. The maximum absolute atomic E-state index is 12.6. The van der Waals surface area contributed by atoms with Crippen molar-refractivity contribution < 1.29 is 24.4 Å². The molecule has 8 heteroatoms. The predicted molar refractivity (Wildman–Crippen MR) is 80.6 cm³/mol. The Morgan fingerprint density at radius 3 is 2.78 bits per heavy atom. The van der Waals surface area contributed by atoms with Crippen molar-refractivity contribution in [2.24, 2.45) is 0 Å². The van der Waals surface area contributed by atoms with E-state index >= 15 is 0 Å². The minimum atomic E-state index is -1.06. The number of hydrogen-bond acceptors (Lipinski definition) is 5. The summed E-state index contributed by atoms with van der Waals surface area (Å²) in [6.07, 6.45) is 1.85. The molecule has 0 unspecified atom stereocenters. The third-order valence-electron chi connectivity index (χ3n) is 3.75. The van der Waals surface area contributed by atoms with Gasteiger partial charge in [0.25, 0.3) is 5.91 Å². The Morgan fingerprint density at radius 1 is 1.43 bits per heavy atom. The number of amides is 1. The molecular formula is C15H18N2O6. The Morgan fingerprint density at radius 2 is 2.17 bits per heavy atom. The average Bonchev–Trinajstić information content (AvgIpc) is 2.54. The number of ether oxygens (including phenoxy) is 1. The molecule has 1 heterocycles. The summed E-state index contributed by atoms with van der Waals surface area (Å²) in [7, 11) is 0. The fraction of sp³-hybridized carbons (Fsp3) is 0.467. The van der Waals surface area contributed by atoms with Gasteiger partial charge in [-0.3, -0.25) is 14.9 Å². The van der Waals surface area contributed by atoms with Crippen molar-refractivity contribution >= 4 is 17.6 Å². The van der Waals surface area contributed by atoms with Crippen LogP contribution in [0.15, 0.2) is 18.2 Å². The van der Waals surface area contributed by atoms with E-state index in [0.717, 1.165) is 12.5 Å². The first-order valence-electron chi connectivity index (χ1n) is 7.40. The Balaban J connectivity index is 2.33. The van der Waals surface area contributed by atoms with Gasteiger partial charge >= 0.3 is 11.7 Å². The summed E-state index contributed by atoms with van der Waals surface area (Å²) < 4.78 is 5.18. The van der Waals surface area contributed by atoms with Gasteiger partial charge in [-0.25, -0.2) is 4.79 Å². The van der Waals surface area contributed by atoms with Crippen molar-refractivity contribution in [2.75, 3.05) is 13.2 Å². The smallest absolute Gasteiger partial charge is 0.326 e. The van der Waals surface area contributed by atoms with Gasteiger partial charge in [0.2, 0.25) is 0 Å². The van der Waals surface area contributed by atoms with Gasteiger partial charge in [0, 0.05) is 18.2 Å². The molecule has 0 spiro atoms. The van der Waals surface area contributed by atoms with E-state index in [2.05, 4.69) is 0 Å². The van der Waals surface area contributed by atoms with Crippen LogP contribution >= 0.6 is 0 Å². The summed E-state index contributed by atoms with van der Waals surface area (Å²) in [4.78, 5) is 35.6. The fourth-order valence-electron chi connectivity index (χ4n) is 2.67. The molecule has 0 radical (unpaired) electrons. The van der Waals surface area contributed by atoms with E-state index in [1.54, 1.807) is 6.92 Å². The normalized spacial score (nSPS) is 17.6. The number of likely N-dealkylation sites (tertiary alicyclic amines) is 1. The molecule has 1 N–H and O–H groups in total. The minimum absolute atomic E-state index is 0.0856. The first-order chi connectivity index (χ1) is 11.0. The van der Waals surface area contributed by atoms with Crippen LogP contribution in [0.4, 0.5) is 5.69 Å². The molecule has 2 rings (SSSR count). The predicted octanol–water partition coefficient (Wildman–Crippen LogP) is 2.07. The average molecular weight is 322 g/mol. The fourth-order valence-corrected chi connectivity index (χ4v) is 2.67. The number of carboxylic acids is 1. The number of rotatable bonds is 5. The van der Waals surface area contributed by atoms with Crippen LogP contribution in [0, 0.1) is 10.1 Å². The lowest BCUT2D eigenvalue weighted by molar-refractivity contribution is -0.385. The van der Waals surface area contributed by atoms with Crippen molar-refractivity contribution in [1.82, 2.24) is 4.90 Å². The van der Waals surface area contributed by atoms with Crippen LogP contribution in [0.3, 0.4) is 0 Å². The van der Waals surface area contributed by atoms with Crippen LogP contribution in [-0.4, -0.2) is 46.0 Å². The second-order valence-corrected chi connectivity index (χ2v) is 5.22. The molecule has 124 valence electrons. The van der Waals surface area contributed by atoms with E-state index in [9.17, 15) is 24.8 Å². The molecule has 1 aromatic carbocycles. The monoisotopic (exact) mass is 322 g/mol. The Hall–Kier alpha value is -2.64. The van der Waals surface area contributed by atoms with E-state index in [1.165, 1.54) is 17.0 Å². The molecule has 1 saturated heterocycles. The third-order valence-corrected chi connectivity index (χ3v) is 3.75. The van der Waals surface area contributed by atoms with E-state index in [4.69, 9.17) is 4.74 Å². The zero-order chi connectivity index (χ0) is 17.0. The number of piperidine rings is 1. The van der Waals surface area contributed by atoms with Crippen LogP contribution in [0.2, 0.25) is 0 Å². The largest absolute Gasteiger partial charge is 0.487 e. The number of nitrogens with zero attached hydrogens (tertiary/aromatic N) is 2. The third kappa shape index (κ3) is 3.58. The zero-order valence-corrected chi connectivity index (χ0v) is 12.7. The summed E-state index contributed by atoms with van der Waals surface area (Å²) in [5.74, 6) is -1.48. The Bertz CT molecular complexity index is 630. The molecule has 1 aliphatic heterocycles. The highest BCUT2D eigenvalue weighted by Gasteiger charge is 2.33. The second-order valence-electron chi connectivity index (χ2n) is 5.22. The van der Waals surface area contributed by atoms with Crippen LogP contribution in [0.5, 0.6) is 5.75 Å². The highest BCUT2D eigenvalue weighted by Crippen LogP contribution is 2.29. The lowest BCUT2D eigenvalue weighted by Crippen LogP contribution is -2.47. The SMILES string of the molecule is CCOc1ccc(C(=O)N2CCCC[C@@H]2C(=O)O)cc1[N+](=O)[O-]. The van der Waals surface area contributed by atoms with E-state index in [0.29, 0.717) is 19.4 Å². The standard InChI is InChI=1S/C15H18N2O6/c1-2-23-13-7-6-10(9-12(13)17(21)22)14(18)16-8-4-3-5-11(16)15(19)20/h6-7,9,11H,2-5,8H2,1H3,(H,19,20)/t11-/m1/s1. The molecule has 1 fully saturated rings. The highest BCUT2D eigenvalue weighted by atomic mass is 16.6. The molecule has 1 aromatic rings. The molecule has 0 saturated carbocycles. The van der Waals surface area contributed by atoms with Crippen LogP contribution < -0.4 is 4.74 Å². The molecule has 23 heavy (non-hydrogen) atoms. The molecule has 1 atom stereocenters. The molecule has 1 amide bonds. The maximum atomic E-state index is 12.6. The van der Waals surface area contributed by atoms with Crippen LogP contribution in [0.1, 0.15) is 36.5 Å². The number of nitro groups is 1. The molecule has 0 bridgehead atoms. The van der Waals surface area contributed by atoms with Crippen molar-refractivity contribution in [1.29, 1.82) is 0 Å². The van der Waals surface area contributed by atoms with E-state index in [-0.39, 0.29) is 23.6 Å². The summed E-state index contributed by atoms with van der Waals surface area (Å²) in [6, 6.07) is 3.05. The van der Waals surface area contributed by atoms with Crippen molar-refractivity contribution in [2.45, 2.75) is 32.2 Å². The number of carbonyl (C=O) groups is 2. The van der Waals surface area contributed by atoms with Gasteiger partial charge in [0.05, 0.1) is 11.5 Å². The maximum Gasteiger partial charge on any atom is 0.326 e. The molecule has 0 aliphatic carbocycles. The van der Waals surface area contributed by atoms with Crippen molar-refractivity contribution in [3.8, 4) is 5.75 Å². The number of carbonyl (C=O) groups excluding carboxylic acids is 1. The number of benzene rings is 1. The minimum Gasteiger partial charge on any atom is -0.487 e. The molecule has 8 nitrogen and oxygen atoms in total. The Labute approximate surface area is 132 Å². The van der Waals surface area contributed by atoms with Gasteiger partial charge in [-0.2, -0.15) is 0 Å². The van der Waals surface area contributed by atoms with Crippen LogP contribution in [-0.2, 0) is 4.79 Å². The summed E-state index contributed by atoms with van der Waals surface area (Å²) in [6.45, 7) is 2.30.